The van der Waals surface area contributed by atoms with Crippen molar-refractivity contribution in [2.75, 3.05) is 17.7 Å². The van der Waals surface area contributed by atoms with Gasteiger partial charge in [0.05, 0.1) is 29.0 Å². The number of aryl methyl sites for hydroxylation is 2. The second kappa shape index (κ2) is 13.2. The summed E-state index contributed by atoms with van der Waals surface area (Å²) < 4.78 is 13.1. The van der Waals surface area contributed by atoms with E-state index in [2.05, 4.69) is 15.5 Å². The van der Waals surface area contributed by atoms with Crippen LogP contribution in [0.4, 0.5) is 5.00 Å². The molecule has 1 aromatic carbocycles. The van der Waals surface area contributed by atoms with Crippen molar-refractivity contribution in [3.63, 3.8) is 0 Å². The second-order valence-corrected chi connectivity index (χ2v) is 12.1. The molecular weight excluding hydrogens is 567 g/mol. The van der Waals surface area contributed by atoms with Gasteiger partial charge in [-0.1, -0.05) is 35.0 Å². The number of amides is 1. The van der Waals surface area contributed by atoms with Crippen LogP contribution in [0.3, 0.4) is 0 Å². The van der Waals surface area contributed by atoms with Crippen LogP contribution in [-0.4, -0.2) is 45.1 Å². The average molecular weight is 598 g/mol. The third-order valence-electron chi connectivity index (χ3n) is 5.92. The van der Waals surface area contributed by atoms with Crippen LogP contribution in [0.5, 0.6) is 5.75 Å². The molecule has 3 aromatic rings. The molecule has 1 aliphatic rings. The van der Waals surface area contributed by atoms with Gasteiger partial charge in [0.2, 0.25) is 5.91 Å². The Morgan fingerprint density at radius 3 is 2.76 bits per heavy atom. The molecule has 12 heteroatoms. The number of nitrogens with zero attached hydrogens (tertiary/aromatic N) is 3. The molecule has 0 bridgehead atoms. The SMILES string of the molecule is CC(C)OC(=O)c1c(NC(=O)CSc2nnc(CCCOc3ccc(Cl)cc3Cl)n2C)sc2c1CCCC2. The van der Waals surface area contributed by atoms with Gasteiger partial charge in [0.15, 0.2) is 5.16 Å². The van der Waals surface area contributed by atoms with Gasteiger partial charge >= 0.3 is 5.97 Å². The number of aromatic nitrogens is 3. The molecule has 8 nitrogen and oxygen atoms in total. The van der Waals surface area contributed by atoms with Gasteiger partial charge in [-0.05, 0) is 69.7 Å². The fourth-order valence-electron chi connectivity index (χ4n) is 4.13. The van der Waals surface area contributed by atoms with Crippen LogP contribution in [0.25, 0.3) is 0 Å². The summed E-state index contributed by atoms with van der Waals surface area (Å²) in [6.45, 7) is 4.11. The molecule has 0 radical (unpaired) electrons. The maximum absolute atomic E-state index is 12.8. The minimum Gasteiger partial charge on any atom is -0.492 e. The Hall–Kier alpha value is -2.27. The first-order valence-electron chi connectivity index (χ1n) is 12.5. The Labute approximate surface area is 240 Å². The molecule has 0 atom stereocenters. The van der Waals surface area contributed by atoms with E-state index in [0.29, 0.717) is 51.0 Å². The van der Waals surface area contributed by atoms with E-state index in [0.717, 1.165) is 41.9 Å². The van der Waals surface area contributed by atoms with Gasteiger partial charge < -0.3 is 19.4 Å². The van der Waals surface area contributed by atoms with Gasteiger partial charge in [0, 0.05) is 23.4 Å². The number of hydrogen-bond donors (Lipinski definition) is 1. The zero-order chi connectivity index (χ0) is 27.2. The van der Waals surface area contributed by atoms with Crippen molar-refractivity contribution < 1.29 is 19.1 Å². The quantitative estimate of drug-likeness (QED) is 0.156. The van der Waals surface area contributed by atoms with Crippen molar-refractivity contribution in [2.24, 2.45) is 7.05 Å². The summed E-state index contributed by atoms with van der Waals surface area (Å²) >= 11 is 14.8. The molecule has 1 aliphatic carbocycles. The Kier molecular flexibility index (Phi) is 9.97. The van der Waals surface area contributed by atoms with Crippen LogP contribution >= 0.6 is 46.3 Å². The van der Waals surface area contributed by atoms with Gasteiger partial charge in [-0.3, -0.25) is 4.79 Å². The van der Waals surface area contributed by atoms with Gasteiger partial charge in [0.1, 0.15) is 16.6 Å². The van der Waals surface area contributed by atoms with Crippen LogP contribution in [0.15, 0.2) is 23.4 Å². The van der Waals surface area contributed by atoms with Crippen LogP contribution in [0.1, 0.15) is 59.7 Å². The highest BCUT2D eigenvalue weighted by molar-refractivity contribution is 7.99. The lowest BCUT2D eigenvalue weighted by molar-refractivity contribution is -0.113. The predicted octanol–water partition coefficient (Wildman–Crippen LogP) is 6.37. The maximum atomic E-state index is 12.8. The van der Waals surface area contributed by atoms with E-state index in [4.69, 9.17) is 32.7 Å². The van der Waals surface area contributed by atoms with Crippen molar-refractivity contribution >= 4 is 63.2 Å². The Morgan fingerprint density at radius 2 is 2.00 bits per heavy atom. The standard InChI is InChI=1S/C26H30Cl2N4O4S2/c1-15(2)36-25(34)23-17-7-4-5-8-20(17)38-24(23)29-22(33)14-37-26-31-30-21(32(26)3)9-6-12-35-19-11-10-16(27)13-18(19)28/h10-11,13,15H,4-9,12,14H2,1-3H3,(H,29,33). The maximum Gasteiger partial charge on any atom is 0.341 e. The molecule has 4 rings (SSSR count). The van der Waals surface area contributed by atoms with E-state index in [1.54, 1.807) is 18.2 Å². The third kappa shape index (κ3) is 7.22. The highest BCUT2D eigenvalue weighted by Crippen LogP contribution is 2.39. The average Bonchev–Trinajstić information content (AvgIpc) is 3.40. The van der Waals surface area contributed by atoms with Crippen LogP contribution in [-0.2, 0) is 35.8 Å². The van der Waals surface area contributed by atoms with E-state index in [1.807, 2.05) is 25.5 Å². The van der Waals surface area contributed by atoms with Crippen LogP contribution in [0, 0.1) is 0 Å². The molecule has 1 amide bonds. The Bertz CT molecular complexity index is 1310. The molecule has 1 N–H and O–H groups in total. The van der Waals surface area contributed by atoms with Crippen molar-refractivity contribution in [3.8, 4) is 5.75 Å². The highest BCUT2D eigenvalue weighted by atomic mass is 35.5. The van der Waals surface area contributed by atoms with E-state index in [9.17, 15) is 9.59 Å². The normalized spacial score (nSPS) is 12.9. The number of anilines is 1. The van der Waals surface area contributed by atoms with Gasteiger partial charge in [-0.25, -0.2) is 4.79 Å². The summed E-state index contributed by atoms with van der Waals surface area (Å²) in [4.78, 5) is 26.8. The fraction of sp³-hybridized carbons (Fsp3) is 0.462. The number of carbonyl (C=O) groups excluding carboxylic acids is 2. The van der Waals surface area contributed by atoms with Crippen LogP contribution in [0.2, 0.25) is 10.0 Å². The zero-order valence-corrected chi connectivity index (χ0v) is 24.7. The molecule has 0 aliphatic heterocycles. The van der Waals surface area contributed by atoms with Crippen molar-refractivity contribution in [2.45, 2.75) is 63.6 Å². The van der Waals surface area contributed by atoms with E-state index in [-0.39, 0.29) is 23.7 Å². The molecule has 38 heavy (non-hydrogen) atoms. The topological polar surface area (TPSA) is 95.3 Å². The molecule has 0 saturated heterocycles. The summed E-state index contributed by atoms with van der Waals surface area (Å²) in [5.74, 6) is 0.949. The first-order chi connectivity index (χ1) is 18.2. The molecule has 0 saturated carbocycles. The number of rotatable bonds is 11. The number of thiophene rings is 1. The smallest absolute Gasteiger partial charge is 0.341 e. The number of halogens is 2. The fourth-order valence-corrected chi connectivity index (χ4v) is 6.62. The number of ether oxygens (including phenoxy) is 2. The lowest BCUT2D eigenvalue weighted by Crippen LogP contribution is -2.19. The largest absolute Gasteiger partial charge is 0.492 e. The van der Waals surface area contributed by atoms with E-state index < -0.39 is 0 Å². The summed E-state index contributed by atoms with van der Waals surface area (Å²) in [6, 6.07) is 5.12. The van der Waals surface area contributed by atoms with Gasteiger partial charge in [0.25, 0.3) is 0 Å². The van der Waals surface area contributed by atoms with Crippen molar-refractivity contribution in [3.05, 3.63) is 50.1 Å². The molecular formula is C26H30Cl2N4O4S2. The van der Waals surface area contributed by atoms with Crippen molar-refractivity contribution in [1.29, 1.82) is 0 Å². The summed E-state index contributed by atoms with van der Waals surface area (Å²) in [7, 11) is 1.87. The zero-order valence-electron chi connectivity index (χ0n) is 21.5. The Morgan fingerprint density at radius 1 is 1.21 bits per heavy atom. The van der Waals surface area contributed by atoms with Crippen molar-refractivity contribution in [1.82, 2.24) is 14.8 Å². The number of nitrogens with one attached hydrogen (secondary N) is 1. The molecule has 204 valence electrons. The first kappa shape index (κ1) is 28.7. The Balaban J connectivity index is 1.30. The van der Waals surface area contributed by atoms with Crippen LogP contribution < -0.4 is 10.1 Å². The molecule has 2 aromatic heterocycles. The predicted molar refractivity (Wildman–Crippen MR) is 152 cm³/mol. The number of carbonyl (C=O) groups is 2. The molecule has 0 unspecified atom stereocenters. The third-order valence-corrected chi connectivity index (χ3v) is 8.68. The number of hydrogen-bond acceptors (Lipinski definition) is 8. The monoisotopic (exact) mass is 596 g/mol. The summed E-state index contributed by atoms with van der Waals surface area (Å²) in [5.41, 5.74) is 1.54. The number of thioether (sulfide) groups is 1. The van der Waals surface area contributed by atoms with E-state index >= 15 is 0 Å². The summed E-state index contributed by atoms with van der Waals surface area (Å²) in [5, 5.41) is 13.7. The summed E-state index contributed by atoms with van der Waals surface area (Å²) in [6.07, 6.45) is 5.02. The number of esters is 1. The molecule has 2 heterocycles. The lowest BCUT2D eigenvalue weighted by atomic mass is 9.95. The minimum atomic E-state index is -0.373. The minimum absolute atomic E-state index is 0.144. The second-order valence-electron chi connectivity index (χ2n) is 9.19. The van der Waals surface area contributed by atoms with Gasteiger partial charge in [-0.15, -0.1) is 21.5 Å². The molecule has 0 spiro atoms. The number of fused-ring (bicyclic) bond motifs is 1. The highest BCUT2D eigenvalue weighted by Gasteiger charge is 2.28. The first-order valence-corrected chi connectivity index (χ1v) is 15.0. The number of benzene rings is 1. The lowest BCUT2D eigenvalue weighted by Gasteiger charge is -2.14. The van der Waals surface area contributed by atoms with E-state index in [1.165, 1.54) is 23.1 Å². The molecule has 0 fully saturated rings. The van der Waals surface area contributed by atoms with Gasteiger partial charge in [-0.2, -0.15) is 0 Å².